The largest absolute Gasteiger partial charge is 0.481 e. The zero-order valence-corrected chi connectivity index (χ0v) is 10.2. The van der Waals surface area contributed by atoms with Gasteiger partial charge in [-0.15, -0.1) is 0 Å². The van der Waals surface area contributed by atoms with E-state index in [1.807, 2.05) is 18.2 Å². The molecule has 1 N–H and O–H groups in total. The second kappa shape index (κ2) is 7.34. The van der Waals surface area contributed by atoms with Crippen LogP contribution in [0.15, 0.2) is 30.3 Å². The van der Waals surface area contributed by atoms with Gasteiger partial charge in [0.2, 0.25) is 0 Å². The van der Waals surface area contributed by atoms with Crippen LogP contribution in [0.4, 0.5) is 0 Å². The molecular formula is C13H18O2S. The summed E-state index contributed by atoms with van der Waals surface area (Å²) in [4.78, 5) is 10.7. The number of unbranched alkanes of at least 4 members (excludes halogenated alkanes) is 1. The average molecular weight is 238 g/mol. The van der Waals surface area contributed by atoms with Gasteiger partial charge in [-0.25, -0.2) is 0 Å². The van der Waals surface area contributed by atoms with E-state index in [-0.39, 0.29) is 5.92 Å². The molecule has 0 unspecified atom stereocenters. The molecule has 0 aliphatic heterocycles. The van der Waals surface area contributed by atoms with Crippen LogP contribution in [0.3, 0.4) is 0 Å². The lowest BCUT2D eigenvalue weighted by atomic mass is 10.0. The van der Waals surface area contributed by atoms with Crippen LogP contribution in [-0.2, 0) is 11.2 Å². The number of rotatable bonds is 7. The summed E-state index contributed by atoms with van der Waals surface area (Å²) in [6.07, 6.45) is 3.75. The number of aliphatic carboxylic acids is 1. The van der Waals surface area contributed by atoms with E-state index in [2.05, 4.69) is 24.8 Å². The smallest absolute Gasteiger partial charge is 0.307 e. The number of carbonyl (C=O) groups is 1. The van der Waals surface area contributed by atoms with Crippen LogP contribution in [0.1, 0.15) is 24.8 Å². The maximum Gasteiger partial charge on any atom is 0.307 e. The van der Waals surface area contributed by atoms with Gasteiger partial charge in [0.25, 0.3) is 0 Å². The number of benzene rings is 1. The van der Waals surface area contributed by atoms with Crippen LogP contribution in [0.5, 0.6) is 0 Å². The summed E-state index contributed by atoms with van der Waals surface area (Å²) in [5.74, 6) is -0.588. The van der Waals surface area contributed by atoms with E-state index in [9.17, 15) is 4.79 Å². The average Bonchev–Trinajstić information content (AvgIpc) is 2.30. The van der Waals surface area contributed by atoms with Crippen molar-refractivity contribution in [1.29, 1.82) is 0 Å². The summed E-state index contributed by atoms with van der Waals surface area (Å²) >= 11 is 4.05. The van der Waals surface area contributed by atoms with E-state index in [4.69, 9.17) is 5.11 Å². The van der Waals surface area contributed by atoms with Gasteiger partial charge in [-0.1, -0.05) is 36.8 Å². The molecule has 0 heterocycles. The lowest BCUT2D eigenvalue weighted by molar-refractivity contribution is -0.141. The Labute approximate surface area is 102 Å². The van der Waals surface area contributed by atoms with Crippen molar-refractivity contribution in [1.82, 2.24) is 0 Å². The fraction of sp³-hybridized carbons (Fsp3) is 0.462. The molecule has 0 aliphatic carbocycles. The van der Waals surface area contributed by atoms with E-state index in [0.717, 1.165) is 25.7 Å². The van der Waals surface area contributed by atoms with E-state index < -0.39 is 5.97 Å². The number of carboxylic acid groups (broad SMARTS) is 1. The molecular weight excluding hydrogens is 220 g/mol. The van der Waals surface area contributed by atoms with E-state index in [1.165, 1.54) is 5.56 Å². The zero-order chi connectivity index (χ0) is 11.8. The first-order valence-corrected chi connectivity index (χ1v) is 6.25. The van der Waals surface area contributed by atoms with Crippen LogP contribution < -0.4 is 0 Å². The predicted octanol–water partition coefficient (Wildman–Crippen LogP) is 3.03. The highest BCUT2D eigenvalue weighted by molar-refractivity contribution is 7.80. The molecule has 0 radical (unpaired) electrons. The highest BCUT2D eigenvalue weighted by Crippen LogP contribution is 2.13. The number of carboxylic acids is 1. The molecule has 0 saturated heterocycles. The highest BCUT2D eigenvalue weighted by Gasteiger charge is 2.14. The predicted molar refractivity (Wildman–Crippen MR) is 69.0 cm³/mol. The number of thiol groups is 1. The van der Waals surface area contributed by atoms with Crippen LogP contribution in [0.25, 0.3) is 0 Å². The molecule has 0 bridgehead atoms. The lowest BCUT2D eigenvalue weighted by Gasteiger charge is -2.08. The van der Waals surface area contributed by atoms with Crippen molar-refractivity contribution < 1.29 is 9.90 Å². The monoisotopic (exact) mass is 238 g/mol. The van der Waals surface area contributed by atoms with Crippen molar-refractivity contribution in [3.8, 4) is 0 Å². The molecule has 3 heteroatoms. The molecule has 0 saturated carbocycles. The number of hydrogen-bond acceptors (Lipinski definition) is 2. The fourth-order valence-electron chi connectivity index (χ4n) is 1.66. The minimum Gasteiger partial charge on any atom is -0.481 e. The van der Waals surface area contributed by atoms with Gasteiger partial charge in [-0.3, -0.25) is 4.79 Å². The zero-order valence-electron chi connectivity index (χ0n) is 9.30. The van der Waals surface area contributed by atoms with E-state index >= 15 is 0 Å². The summed E-state index contributed by atoms with van der Waals surface area (Å²) < 4.78 is 0. The van der Waals surface area contributed by atoms with Gasteiger partial charge >= 0.3 is 5.97 Å². The van der Waals surface area contributed by atoms with Crippen molar-refractivity contribution in [2.24, 2.45) is 5.92 Å². The molecule has 0 amide bonds. The van der Waals surface area contributed by atoms with Crippen molar-refractivity contribution >= 4 is 18.6 Å². The summed E-state index contributed by atoms with van der Waals surface area (Å²) in [5, 5.41) is 8.84. The second-order valence-corrected chi connectivity index (χ2v) is 4.31. The molecule has 0 fully saturated rings. The third-order valence-corrected chi connectivity index (χ3v) is 3.12. The van der Waals surface area contributed by atoms with Gasteiger partial charge in [0.1, 0.15) is 0 Å². The van der Waals surface area contributed by atoms with Gasteiger partial charge in [-0.05, 0) is 24.8 Å². The number of aryl methyl sites for hydroxylation is 1. The van der Waals surface area contributed by atoms with Crippen molar-refractivity contribution in [3.63, 3.8) is 0 Å². The van der Waals surface area contributed by atoms with Crippen molar-refractivity contribution in [2.45, 2.75) is 25.7 Å². The highest BCUT2D eigenvalue weighted by atomic mass is 32.1. The molecule has 0 spiro atoms. The Morgan fingerprint density at radius 1 is 1.25 bits per heavy atom. The topological polar surface area (TPSA) is 37.3 Å². The Kier molecular flexibility index (Phi) is 6.01. The molecule has 1 aromatic rings. The molecule has 1 aromatic carbocycles. The molecule has 1 rings (SSSR count). The standard InChI is InChI=1S/C13H18O2S/c14-13(15)12(10-16)9-5-4-8-11-6-2-1-3-7-11/h1-3,6-7,12,16H,4-5,8-10H2,(H,14,15)/t12-/m1/s1. The normalized spacial score (nSPS) is 12.3. The summed E-state index contributed by atoms with van der Waals surface area (Å²) in [5.41, 5.74) is 1.32. The van der Waals surface area contributed by atoms with Crippen molar-refractivity contribution in [2.75, 3.05) is 5.75 Å². The van der Waals surface area contributed by atoms with Crippen LogP contribution >= 0.6 is 12.6 Å². The Bertz CT molecular complexity index is 311. The Hall–Kier alpha value is -0.960. The number of hydrogen-bond donors (Lipinski definition) is 2. The van der Waals surface area contributed by atoms with Gasteiger partial charge in [0.05, 0.1) is 5.92 Å². The summed E-state index contributed by atoms with van der Waals surface area (Å²) in [6, 6.07) is 10.3. The maximum absolute atomic E-state index is 10.7. The summed E-state index contributed by atoms with van der Waals surface area (Å²) in [6.45, 7) is 0. The van der Waals surface area contributed by atoms with Crippen molar-refractivity contribution in [3.05, 3.63) is 35.9 Å². The van der Waals surface area contributed by atoms with Crippen LogP contribution in [-0.4, -0.2) is 16.8 Å². The first kappa shape index (κ1) is 13.1. The molecule has 0 aromatic heterocycles. The first-order chi connectivity index (χ1) is 7.74. The quantitative estimate of drug-likeness (QED) is 0.566. The molecule has 16 heavy (non-hydrogen) atoms. The Balaban J connectivity index is 2.19. The molecule has 1 atom stereocenters. The third kappa shape index (κ3) is 4.71. The summed E-state index contributed by atoms with van der Waals surface area (Å²) in [7, 11) is 0. The Morgan fingerprint density at radius 3 is 2.50 bits per heavy atom. The maximum atomic E-state index is 10.7. The molecule has 2 nitrogen and oxygen atoms in total. The lowest BCUT2D eigenvalue weighted by Crippen LogP contribution is -2.15. The van der Waals surface area contributed by atoms with Gasteiger partial charge < -0.3 is 5.11 Å². The van der Waals surface area contributed by atoms with E-state index in [1.54, 1.807) is 0 Å². The minimum atomic E-state index is -0.727. The molecule has 0 aliphatic rings. The first-order valence-electron chi connectivity index (χ1n) is 5.61. The van der Waals surface area contributed by atoms with Gasteiger partial charge in [0.15, 0.2) is 0 Å². The Morgan fingerprint density at radius 2 is 1.94 bits per heavy atom. The molecule has 88 valence electrons. The van der Waals surface area contributed by atoms with Gasteiger partial charge in [0, 0.05) is 5.75 Å². The second-order valence-electron chi connectivity index (χ2n) is 3.95. The third-order valence-electron chi connectivity index (χ3n) is 2.68. The SMILES string of the molecule is O=C(O)[C@@H](CS)CCCCc1ccccc1. The fourth-order valence-corrected chi connectivity index (χ4v) is 2.00. The van der Waals surface area contributed by atoms with Crippen LogP contribution in [0, 0.1) is 5.92 Å². The van der Waals surface area contributed by atoms with Crippen LogP contribution in [0.2, 0.25) is 0 Å². The minimum absolute atomic E-state index is 0.292. The van der Waals surface area contributed by atoms with Gasteiger partial charge in [-0.2, -0.15) is 12.6 Å². The van der Waals surface area contributed by atoms with E-state index in [0.29, 0.717) is 5.75 Å².